The van der Waals surface area contributed by atoms with Crippen LogP contribution >= 0.6 is 0 Å². The zero-order valence-electron chi connectivity index (χ0n) is 14.6. The Hall–Kier alpha value is -2.33. The van der Waals surface area contributed by atoms with Crippen molar-refractivity contribution in [3.63, 3.8) is 0 Å². The number of hydrogen-bond donors (Lipinski definition) is 1. The maximum absolute atomic E-state index is 6.52. The second-order valence-electron chi connectivity index (χ2n) is 6.31. The molecule has 0 aliphatic heterocycles. The van der Waals surface area contributed by atoms with Gasteiger partial charge in [0.25, 0.3) is 0 Å². The molecule has 2 N–H and O–H groups in total. The summed E-state index contributed by atoms with van der Waals surface area (Å²) >= 11 is 0. The Kier molecular flexibility index (Phi) is 4.86. The van der Waals surface area contributed by atoms with Crippen LogP contribution in [0.15, 0.2) is 48.5 Å². The summed E-state index contributed by atoms with van der Waals surface area (Å²) in [6, 6.07) is 16.3. The highest BCUT2D eigenvalue weighted by Crippen LogP contribution is 2.27. The first-order valence-electron chi connectivity index (χ1n) is 8.47. The molecule has 1 aromatic heterocycles. The number of imidazole rings is 1. The van der Waals surface area contributed by atoms with Crippen molar-refractivity contribution in [3.05, 3.63) is 59.9 Å². The van der Waals surface area contributed by atoms with Gasteiger partial charge < -0.3 is 15.0 Å². The van der Waals surface area contributed by atoms with E-state index in [4.69, 9.17) is 15.5 Å². The first kappa shape index (κ1) is 16.5. The van der Waals surface area contributed by atoms with E-state index in [0.717, 1.165) is 35.6 Å². The number of nitrogens with zero attached hydrogens (tertiary/aromatic N) is 2. The molecule has 4 heteroatoms. The first-order valence-corrected chi connectivity index (χ1v) is 8.47. The van der Waals surface area contributed by atoms with E-state index in [9.17, 15) is 0 Å². The van der Waals surface area contributed by atoms with Crippen LogP contribution in [0, 0.1) is 5.92 Å². The number of nitrogens with two attached hydrogens (primary N) is 1. The molecule has 0 saturated carbocycles. The van der Waals surface area contributed by atoms with Crippen molar-refractivity contribution in [2.75, 3.05) is 7.11 Å². The Bertz CT molecular complexity index is 825. The second-order valence-corrected chi connectivity index (χ2v) is 6.31. The van der Waals surface area contributed by atoms with Crippen LogP contribution in [-0.4, -0.2) is 16.7 Å². The largest absolute Gasteiger partial charge is 0.497 e. The van der Waals surface area contributed by atoms with Gasteiger partial charge in [-0.3, -0.25) is 0 Å². The van der Waals surface area contributed by atoms with Crippen molar-refractivity contribution >= 4 is 11.0 Å². The standard InChI is InChI=1S/C20H25N3O/c1-4-14(2)19(21)20-22-17-10-5-6-11-18(17)23(20)13-15-8-7-9-16(12-15)24-3/h5-12,14,19H,4,13,21H2,1-3H3/t14-,19-/m0/s1. The fraction of sp³-hybridized carbons (Fsp3) is 0.350. The molecule has 126 valence electrons. The van der Waals surface area contributed by atoms with Crippen LogP contribution in [0.4, 0.5) is 0 Å². The molecule has 0 saturated heterocycles. The molecule has 24 heavy (non-hydrogen) atoms. The molecular formula is C20H25N3O. The third kappa shape index (κ3) is 3.15. The number of hydrogen-bond acceptors (Lipinski definition) is 3. The lowest BCUT2D eigenvalue weighted by atomic mass is 9.99. The topological polar surface area (TPSA) is 53.1 Å². The third-order valence-corrected chi connectivity index (χ3v) is 4.71. The summed E-state index contributed by atoms with van der Waals surface area (Å²) in [6.45, 7) is 5.08. The van der Waals surface area contributed by atoms with Crippen LogP contribution in [-0.2, 0) is 6.54 Å². The minimum absolute atomic E-state index is 0.0759. The summed E-state index contributed by atoms with van der Waals surface area (Å²) < 4.78 is 7.58. The summed E-state index contributed by atoms with van der Waals surface area (Å²) in [4.78, 5) is 4.83. The molecule has 2 atom stereocenters. The Labute approximate surface area is 143 Å². The predicted molar refractivity (Wildman–Crippen MR) is 98.2 cm³/mol. The highest BCUT2D eigenvalue weighted by Gasteiger charge is 2.21. The smallest absolute Gasteiger partial charge is 0.127 e. The molecule has 0 radical (unpaired) electrons. The molecule has 0 spiro atoms. The highest BCUT2D eigenvalue weighted by molar-refractivity contribution is 5.76. The summed E-state index contributed by atoms with van der Waals surface area (Å²) in [5.74, 6) is 2.20. The van der Waals surface area contributed by atoms with Crippen molar-refractivity contribution in [2.45, 2.75) is 32.9 Å². The van der Waals surface area contributed by atoms with Crippen LogP contribution in [0.25, 0.3) is 11.0 Å². The molecule has 0 unspecified atom stereocenters. The number of methoxy groups -OCH3 is 1. The molecule has 0 amide bonds. The van der Waals surface area contributed by atoms with E-state index in [1.165, 1.54) is 5.56 Å². The van der Waals surface area contributed by atoms with Gasteiger partial charge in [0.15, 0.2) is 0 Å². The van der Waals surface area contributed by atoms with Crippen LogP contribution in [0.5, 0.6) is 5.75 Å². The van der Waals surface area contributed by atoms with Gasteiger partial charge in [-0.1, -0.05) is 44.5 Å². The van der Waals surface area contributed by atoms with Gasteiger partial charge in [0.1, 0.15) is 11.6 Å². The lowest BCUT2D eigenvalue weighted by Gasteiger charge is -2.20. The average molecular weight is 323 g/mol. The van der Waals surface area contributed by atoms with E-state index >= 15 is 0 Å². The van der Waals surface area contributed by atoms with Gasteiger partial charge in [-0.2, -0.15) is 0 Å². The van der Waals surface area contributed by atoms with Gasteiger partial charge in [-0.05, 0) is 35.7 Å². The van der Waals surface area contributed by atoms with E-state index in [1.807, 2.05) is 30.3 Å². The van der Waals surface area contributed by atoms with Crippen LogP contribution in [0.3, 0.4) is 0 Å². The molecule has 0 bridgehead atoms. The molecule has 4 nitrogen and oxygen atoms in total. The van der Waals surface area contributed by atoms with Gasteiger partial charge in [0.05, 0.1) is 24.2 Å². The number of para-hydroxylation sites is 2. The van der Waals surface area contributed by atoms with Crippen molar-refractivity contribution in [1.29, 1.82) is 0 Å². The number of aromatic nitrogens is 2. The van der Waals surface area contributed by atoms with E-state index in [2.05, 4.69) is 36.6 Å². The summed E-state index contributed by atoms with van der Waals surface area (Å²) in [7, 11) is 1.69. The maximum Gasteiger partial charge on any atom is 0.127 e. The summed E-state index contributed by atoms with van der Waals surface area (Å²) in [6.07, 6.45) is 1.03. The van der Waals surface area contributed by atoms with E-state index in [0.29, 0.717) is 5.92 Å². The zero-order chi connectivity index (χ0) is 17.1. The Morgan fingerprint density at radius 3 is 2.71 bits per heavy atom. The summed E-state index contributed by atoms with van der Waals surface area (Å²) in [5.41, 5.74) is 9.81. The van der Waals surface area contributed by atoms with Crippen molar-refractivity contribution in [2.24, 2.45) is 11.7 Å². The molecular weight excluding hydrogens is 298 g/mol. The van der Waals surface area contributed by atoms with Gasteiger partial charge in [0.2, 0.25) is 0 Å². The first-order chi connectivity index (χ1) is 11.6. The fourth-order valence-corrected chi connectivity index (χ4v) is 2.98. The quantitative estimate of drug-likeness (QED) is 0.742. The second kappa shape index (κ2) is 7.05. The average Bonchev–Trinajstić information content (AvgIpc) is 2.99. The molecule has 3 aromatic rings. The van der Waals surface area contributed by atoms with Gasteiger partial charge in [-0.15, -0.1) is 0 Å². The number of fused-ring (bicyclic) bond motifs is 1. The lowest BCUT2D eigenvalue weighted by molar-refractivity contribution is 0.413. The van der Waals surface area contributed by atoms with Gasteiger partial charge >= 0.3 is 0 Å². The lowest BCUT2D eigenvalue weighted by Crippen LogP contribution is -2.23. The summed E-state index contributed by atoms with van der Waals surface area (Å²) in [5, 5.41) is 0. The molecule has 0 aliphatic carbocycles. The maximum atomic E-state index is 6.52. The number of rotatable bonds is 6. The van der Waals surface area contributed by atoms with Crippen LogP contribution in [0.2, 0.25) is 0 Å². The SMILES string of the molecule is CC[C@H](C)[C@H](N)c1nc2ccccc2n1Cc1cccc(OC)c1. The van der Waals surface area contributed by atoms with Crippen LogP contribution < -0.4 is 10.5 Å². The van der Waals surface area contributed by atoms with Crippen molar-refractivity contribution in [1.82, 2.24) is 9.55 Å². The van der Waals surface area contributed by atoms with E-state index < -0.39 is 0 Å². The number of ether oxygens (including phenoxy) is 1. The van der Waals surface area contributed by atoms with E-state index in [1.54, 1.807) is 7.11 Å². The Balaban J connectivity index is 2.07. The van der Waals surface area contributed by atoms with Crippen molar-refractivity contribution < 1.29 is 4.74 Å². The molecule has 2 aromatic carbocycles. The van der Waals surface area contributed by atoms with Gasteiger partial charge in [0, 0.05) is 6.54 Å². The molecule has 0 fully saturated rings. The highest BCUT2D eigenvalue weighted by atomic mass is 16.5. The van der Waals surface area contributed by atoms with E-state index in [-0.39, 0.29) is 6.04 Å². The van der Waals surface area contributed by atoms with Gasteiger partial charge in [-0.25, -0.2) is 4.98 Å². The monoisotopic (exact) mass is 323 g/mol. The number of benzene rings is 2. The predicted octanol–water partition coefficient (Wildman–Crippen LogP) is 4.14. The van der Waals surface area contributed by atoms with Crippen molar-refractivity contribution in [3.8, 4) is 5.75 Å². The Morgan fingerprint density at radius 2 is 1.96 bits per heavy atom. The minimum atomic E-state index is -0.0759. The third-order valence-electron chi connectivity index (χ3n) is 4.71. The minimum Gasteiger partial charge on any atom is -0.497 e. The normalized spacial score (nSPS) is 13.8. The molecule has 3 rings (SSSR count). The molecule has 1 heterocycles. The van der Waals surface area contributed by atoms with Crippen LogP contribution in [0.1, 0.15) is 37.7 Å². The fourth-order valence-electron chi connectivity index (χ4n) is 2.98. The zero-order valence-corrected chi connectivity index (χ0v) is 14.6. The Morgan fingerprint density at radius 1 is 1.17 bits per heavy atom. The molecule has 0 aliphatic rings.